The molecular weight excluding hydrogens is 256 g/mol. The molecule has 1 heterocycles. The van der Waals surface area contributed by atoms with Crippen molar-refractivity contribution in [1.82, 2.24) is 9.97 Å². The number of aromatic carboxylic acids is 1. The molecule has 0 atom stereocenters. The van der Waals surface area contributed by atoms with Crippen LogP contribution in [0.3, 0.4) is 0 Å². The molecular formula is C15H20N2O3. The Morgan fingerprint density at radius 3 is 2.70 bits per heavy atom. The van der Waals surface area contributed by atoms with Gasteiger partial charge in [0.05, 0.1) is 11.3 Å². The van der Waals surface area contributed by atoms with E-state index in [0.29, 0.717) is 24.0 Å². The zero-order valence-corrected chi connectivity index (χ0v) is 11.8. The fraction of sp³-hybridized carbons (Fsp3) is 0.667. The zero-order chi connectivity index (χ0) is 14.2. The van der Waals surface area contributed by atoms with Crippen molar-refractivity contribution >= 4 is 5.97 Å². The van der Waals surface area contributed by atoms with Crippen LogP contribution in [0.5, 0.6) is 0 Å². The van der Waals surface area contributed by atoms with Crippen molar-refractivity contribution in [3.8, 4) is 0 Å². The van der Waals surface area contributed by atoms with Crippen molar-refractivity contribution in [1.29, 1.82) is 0 Å². The van der Waals surface area contributed by atoms with Gasteiger partial charge in [-0.25, -0.2) is 14.8 Å². The van der Waals surface area contributed by atoms with Crippen molar-refractivity contribution in [2.24, 2.45) is 0 Å². The number of carboxylic acid groups (broad SMARTS) is 1. The molecule has 2 aliphatic rings. The molecule has 0 bridgehead atoms. The number of rotatable bonds is 5. The van der Waals surface area contributed by atoms with E-state index in [1.165, 1.54) is 6.20 Å². The molecule has 0 unspecified atom stereocenters. The Hall–Kier alpha value is -1.49. The summed E-state index contributed by atoms with van der Waals surface area (Å²) < 4.78 is 5.96. The molecule has 0 aromatic carbocycles. The van der Waals surface area contributed by atoms with Gasteiger partial charge in [0.1, 0.15) is 5.60 Å². The number of ether oxygens (including phenoxy) is 1. The average Bonchev–Trinajstić information content (AvgIpc) is 3.18. The van der Waals surface area contributed by atoms with Crippen LogP contribution in [-0.4, -0.2) is 27.7 Å². The highest BCUT2D eigenvalue weighted by molar-refractivity contribution is 5.88. The van der Waals surface area contributed by atoms with E-state index >= 15 is 0 Å². The van der Waals surface area contributed by atoms with Gasteiger partial charge in [-0.05, 0) is 45.4 Å². The van der Waals surface area contributed by atoms with Crippen molar-refractivity contribution in [3.63, 3.8) is 0 Å². The minimum atomic E-state index is -0.935. The lowest BCUT2D eigenvalue weighted by molar-refractivity contribution is -0.0459. The molecule has 0 radical (unpaired) electrons. The highest BCUT2D eigenvalue weighted by atomic mass is 16.5. The van der Waals surface area contributed by atoms with Crippen LogP contribution in [0, 0.1) is 0 Å². The Kier molecular flexibility index (Phi) is 3.46. The van der Waals surface area contributed by atoms with Crippen LogP contribution in [0.4, 0.5) is 0 Å². The average molecular weight is 276 g/mol. The SMILES string of the molecule is CCOC1(c2ncc(C(=O)O)c(C3CC3)n2)CCCC1. The molecule has 5 nitrogen and oxygen atoms in total. The second-order valence-electron chi connectivity index (χ2n) is 5.71. The Morgan fingerprint density at radius 2 is 2.15 bits per heavy atom. The summed E-state index contributed by atoms with van der Waals surface area (Å²) in [7, 11) is 0. The van der Waals surface area contributed by atoms with Crippen LogP contribution in [0.25, 0.3) is 0 Å². The van der Waals surface area contributed by atoms with Gasteiger partial charge in [-0.1, -0.05) is 0 Å². The van der Waals surface area contributed by atoms with Gasteiger partial charge >= 0.3 is 5.97 Å². The molecule has 2 aliphatic carbocycles. The molecule has 2 saturated carbocycles. The van der Waals surface area contributed by atoms with Crippen LogP contribution in [0.1, 0.15) is 73.2 Å². The summed E-state index contributed by atoms with van der Waals surface area (Å²) in [5.74, 6) is 0.0435. The summed E-state index contributed by atoms with van der Waals surface area (Å²) >= 11 is 0. The maximum atomic E-state index is 11.3. The number of nitrogens with zero attached hydrogens (tertiary/aromatic N) is 2. The van der Waals surface area contributed by atoms with E-state index in [-0.39, 0.29) is 5.56 Å². The predicted octanol–water partition coefficient (Wildman–Crippen LogP) is 2.86. The second-order valence-corrected chi connectivity index (χ2v) is 5.71. The molecule has 20 heavy (non-hydrogen) atoms. The molecule has 1 N–H and O–H groups in total. The zero-order valence-electron chi connectivity index (χ0n) is 11.8. The topological polar surface area (TPSA) is 72.3 Å². The van der Waals surface area contributed by atoms with Gasteiger partial charge in [-0.15, -0.1) is 0 Å². The van der Waals surface area contributed by atoms with Gasteiger partial charge < -0.3 is 9.84 Å². The van der Waals surface area contributed by atoms with Crippen molar-refractivity contribution in [2.75, 3.05) is 6.61 Å². The number of hydrogen-bond donors (Lipinski definition) is 1. The Balaban J connectivity index is 2.01. The number of carbonyl (C=O) groups is 1. The third-order valence-corrected chi connectivity index (χ3v) is 4.25. The third-order valence-electron chi connectivity index (χ3n) is 4.25. The van der Waals surface area contributed by atoms with E-state index in [1.54, 1.807) is 0 Å². The van der Waals surface area contributed by atoms with Gasteiger partial charge in [-0.2, -0.15) is 0 Å². The fourth-order valence-corrected chi connectivity index (χ4v) is 3.10. The second kappa shape index (κ2) is 5.13. The Morgan fingerprint density at radius 1 is 1.45 bits per heavy atom. The van der Waals surface area contributed by atoms with Crippen molar-refractivity contribution in [3.05, 3.63) is 23.3 Å². The van der Waals surface area contributed by atoms with E-state index in [9.17, 15) is 9.90 Å². The minimum absolute atomic E-state index is 0.251. The lowest BCUT2D eigenvalue weighted by Gasteiger charge is -2.27. The van der Waals surface area contributed by atoms with Crippen molar-refractivity contribution < 1.29 is 14.6 Å². The first kappa shape index (κ1) is 13.5. The third kappa shape index (κ3) is 2.30. The molecule has 5 heteroatoms. The molecule has 0 spiro atoms. The first-order valence-electron chi connectivity index (χ1n) is 7.41. The quantitative estimate of drug-likeness (QED) is 0.895. The smallest absolute Gasteiger partial charge is 0.339 e. The highest BCUT2D eigenvalue weighted by Gasteiger charge is 2.41. The summed E-state index contributed by atoms with van der Waals surface area (Å²) in [6.45, 7) is 2.61. The maximum Gasteiger partial charge on any atom is 0.339 e. The number of carboxylic acids is 1. The molecule has 0 saturated heterocycles. The van der Waals surface area contributed by atoms with E-state index in [2.05, 4.69) is 9.97 Å². The summed E-state index contributed by atoms with van der Waals surface area (Å²) in [6.07, 6.45) is 7.61. The van der Waals surface area contributed by atoms with E-state index in [4.69, 9.17) is 4.74 Å². The lowest BCUT2D eigenvalue weighted by atomic mass is 10.00. The standard InChI is InChI=1S/C15H20N2O3/c1-2-20-15(7-3-4-8-15)14-16-9-11(13(18)19)12(17-14)10-5-6-10/h9-10H,2-8H2,1H3,(H,18,19). The fourth-order valence-electron chi connectivity index (χ4n) is 3.10. The number of aromatic nitrogens is 2. The number of hydrogen-bond acceptors (Lipinski definition) is 4. The van der Waals surface area contributed by atoms with E-state index < -0.39 is 11.6 Å². The molecule has 0 amide bonds. The monoisotopic (exact) mass is 276 g/mol. The summed E-state index contributed by atoms with van der Waals surface area (Å²) in [4.78, 5) is 20.2. The normalized spacial score (nSPS) is 21.1. The van der Waals surface area contributed by atoms with E-state index in [1.807, 2.05) is 6.92 Å². The summed E-state index contributed by atoms with van der Waals surface area (Å²) in [5, 5.41) is 9.25. The van der Waals surface area contributed by atoms with Gasteiger partial charge in [0.25, 0.3) is 0 Å². The highest BCUT2D eigenvalue weighted by Crippen LogP contribution is 2.44. The van der Waals surface area contributed by atoms with Crippen molar-refractivity contribution in [2.45, 2.75) is 57.0 Å². The van der Waals surface area contributed by atoms with Gasteiger partial charge in [0.15, 0.2) is 5.82 Å². The van der Waals surface area contributed by atoms with Crippen LogP contribution >= 0.6 is 0 Å². The van der Waals surface area contributed by atoms with Gasteiger partial charge in [0, 0.05) is 18.7 Å². The Bertz CT molecular complexity index is 520. The van der Waals surface area contributed by atoms with Gasteiger partial charge in [-0.3, -0.25) is 0 Å². The molecule has 0 aliphatic heterocycles. The van der Waals surface area contributed by atoms with Crippen LogP contribution in [0.15, 0.2) is 6.20 Å². The first-order chi connectivity index (χ1) is 9.66. The molecule has 2 fully saturated rings. The first-order valence-corrected chi connectivity index (χ1v) is 7.41. The summed E-state index contributed by atoms with van der Waals surface area (Å²) in [6, 6.07) is 0. The molecule has 108 valence electrons. The molecule has 3 rings (SSSR count). The largest absolute Gasteiger partial charge is 0.478 e. The van der Waals surface area contributed by atoms with Gasteiger partial charge in [0.2, 0.25) is 0 Å². The van der Waals surface area contributed by atoms with Crippen LogP contribution in [0.2, 0.25) is 0 Å². The van der Waals surface area contributed by atoms with Crippen LogP contribution < -0.4 is 0 Å². The predicted molar refractivity (Wildman–Crippen MR) is 72.7 cm³/mol. The molecule has 1 aromatic rings. The van der Waals surface area contributed by atoms with Crippen LogP contribution in [-0.2, 0) is 10.3 Å². The summed E-state index contributed by atoms with van der Waals surface area (Å²) in [5.41, 5.74) is 0.560. The van der Waals surface area contributed by atoms with E-state index in [0.717, 1.165) is 38.5 Å². The lowest BCUT2D eigenvalue weighted by Crippen LogP contribution is -2.29. The Labute approximate surface area is 118 Å². The maximum absolute atomic E-state index is 11.3. The minimum Gasteiger partial charge on any atom is -0.478 e. The molecule has 1 aromatic heterocycles.